The van der Waals surface area contributed by atoms with Crippen molar-refractivity contribution in [3.63, 3.8) is 0 Å². The number of nitrogens with one attached hydrogen (secondary N) is 2. The van der Waals surface area contributed by atoms with Crippen LogP contribution in [0, 0.1) is 5.82 Å². The molecule has 3 N–H and O–H groups in total. The van der Waals surface area contributed by atoms with Crippen LogP contribution in [0.15, 0.2) is 97.1 Å². The number of carbonyl (C=O) groups is 3. The molecule has 42 heavy (non-hydrogen) atoms. The van der Waals surface area contributed by atoms with E-state index in [2.05, 4.69) is 10.6 Å². The Morgan fingerprint density at radius 1 is 0.881 bits per heavy atom. The van der Waals surface area contributed by atoms with Crippen LogP contribution in [-0.2, 0) is 20.9 Å². The second kappa shape index (κ2) is 12.7. The summed E-state index contributed by atoms with van der Waals surface area (Å²) in [6, 6.07) is 27.0. The van der Waals surface area contributed by atoms with Gasteiger partial charge in [0.2, 0.25) is 0 Å². The Morgan fingerprint density at radius 2 is 1.50 bits per heavy atom. The zero-order valence-corrected chi connectivity index (χ0v) is 22.8. The number of carboxylic acid groups (broad SMARTS) is 1. The van der Waals surface area contributed by atoms with Gasteiger partial charge in [0, 0.05) is 11.6 Å². The molecule has 2 amide bonds. The van der Waals surface area contributed by atoms with Crippen LogP contribution in [0.5, 0.6) is 0 Å². The summed E-state index contributed by atoms with van der Waals surface area (Å²) in [4.78, 5) is 37.5. The van der Waals surface area contributed by atoms with E-state index in [9.17, 15) is 23.9 Å². The third kappa shape index (κ3) is 6.31. The maximum Gasteiger partial charge on any atom is 0.411 e. The molecule has 0 saturated carbocycles. The number of rotatable bonds is 10. The zero-order chi connectivity index (χ0) is 29.6. The standard InChI is InChI=1S/C33H29FN2O6/c1-20(41-18-21-9-3-2-4-10-21)30(32(38)39)36-31(37)27-17-22(15-16-29(27)34)35-33(40)42-19-28-25-13-7-5-11-23(25)24-12-6-8-14-26(24)28/h2-17,20,28,30H,18-19H2,1H3,(H,35,40)(H,36,37)(H,38,39)/t20-,30+/m1/s1. The first-order chi connectivity index (χ1) is 20.3. The number of ether oxygens (including phenoxy) is 2. The highest BCUT2D eigenvalue weighted by Crippen LogP contribution is 2.44. The van der Waals surface area contributed by atoms with Gasteiger partial charge in [-0.3, -0.25) is 10.1 Å². The van der Waals surface area contributed by atoms with Crippen molar-refractivity contribution < 1.29 is 33.4 Å². The molecule has 0 bridgehead atoms. The van der Waals surface area contributed by atoms with Gasteiger partial charge in [-0.2, -0.15) is 0 Å². The Kier molecular flexibility index (Phi) is 8.59. The lowest BCUT2D eigenvalue weighted by Crippen LogP contribution is -2.48. The molecule has 0 unspecified atom stereocenters. The molecule has 4 aromatic carbocycles. The molecule has 0 heterocycles. The zero-order valence-electron chi connectivity index (χ0n) is 22.8. The van der Waals surface area contributed by atoms with Gasteiger partial charge < -0.3 is 19.9 Å². The van der Waals surface area contributed by atoms with Gasteiger partial charge in [-0.25, -0.2) is 14.0 Å². The Hall–Kier alpha value is -5.02. The number of carbonyl (C=O) groups excluding carboxylic acids is 2. The first-order valence-corrected chi connectivity index (χ1v) is 13.4. The number of carboxylic acids is 1. The summed E-state index contributed by atoms with van der Waals surface area (Å²) in [6.45, 7) is 1.72. The van der Waals surface area contributed by atoms with Crippen molar-refractivity contribution in [1.29, 1.82) is 0 Å². The lowest BCUT2D eigenvalue weighted by molar-refractivity contribution is -0.143. The molecule has 0 saturated heterocycles. The Balaban J connectivity index is 1.21. The van der Waals surface area contributed by atoms with E-state index in [0.29, 0.717) is 0 Å². The number of fused-ring (bicyclic) bond motifs is 3. The summed E-state index contributed by atoms with van der Waals surface area (Å²) in [6.07, 6.45) is -1.70. The minimum atomic E-state index is -1.45. The van der Waals surface area contributed by atoms with Gasteiger partial charge in [-0.05, 0) is 52.9 Å². The van der Waals surface area contributed by atoms with Gasteiger partial charge in [0.15, 0.2) is 6.04 Å². The van der Waals surface area contributed by atoms with Gasteiger partial charge in [0.05, 0.1) is 18.3 Å². The monoisotopic (exact) mass is 568 g/mol. The Morgan fingerprint density at radius 3 is 2.14 bits per heavy atom. The molecule has 4 aromatic rings. The number of anilines is 1. The first kappa shape index (κ1) is 28.5. The highest BCUT2D eigenvalue weighted by Gasteiger charge is 2.30. The lowest BCUT2D eigenvalue weighted by Gasteiger charge is -2.22. The molecule has 0 radical (unpaired) electrons. The van der Waals surface area contributed by atoms with Gasteiger partial charge in [-0.1, -0.05) is 78.9 Å². The van der Waals surface area contributed by atoms with E-state index < -0.39 is 41.5 Å². The molecule has 2 atom stereocenters. The second-order valence-electron chi connectivity index (χ2n) is 9.94. The van der Waals surface area contributed by atoms with E-state index in [0.717, 1.165) is 39.9 Å². The van der Waals surface area contributed by atoms with Crippen LogP contribution in [0.4, 0.5) is 14.9 Å². The summed E-state index contributed by atoms with van der Waals surface area (Å²) in [7, 11) is 0. The fourth-order valence-corrected chi connectivity index (χ4v) is 5.03. The van der Waals surface area contributed by atoms with Crippen LogP contribution in [0.1, 0.15) is 39.9 Å². The van der Waals surface area contributed by atoms with E-state index in [4.69, 9.17) is 9.47 Å². The average molecular weight is 569 g/mol. The third-order valence-electron chi connectivity index (χ3n) is 7.18. The van der Waals surface area contributed by atoms with Crippen molar-refractivity contribution in [3.05, 3.63) is 125 Å². The quantitative estimate of drug-likeness (QED) is 0.217. The van der Waals surface area contributed by atoms with Gasteiger partial charge in [0.25, 0.3) is 5.91 Å². The van der Waals surface area contributed by atoms with Crippen LogP contribution in [-0.4, -0.2) is 41.8 Å². The second-order valence-corrected chi connectivity index (χ2v) is 9.94. The highest BCUT2D eigenvalue weighted by molar-refractivity contribution is 5.98. The van der Waals surface area contributed by atoms with Crippen molar-refractivity contribution in [2.75, 3.05) is 11.9 Å². The smallest absolute Gasteiger partial charge is 0.411 e. The minimum Gasteiger partial charge on any atom is -0.480 e. The molecular formula is C33H29FN2O6. The molecule has 8 nitrogen and oxygen atoms in total. The SMILES string of the molecule is C[C@@H](OCc1ccccc1)[C@H](NC(=O)c1cc(NC(=O)OCC2c3ccccc3-c3ccccc32)ccc1F)C(=O)O. The third-order valence-corrected chi connectivity index (χ3v) is 7.18. The number of benzene rings is 4. The number of hydrogen-bond donors (Lipinski definition) is 3. The highest BCUT2D eigenvalue weighted by atomic mass is 19.1. The summed E-state index contributed by atoms with van der Waals surface area (Å²) >= 11 is 0. The number of amides is 2. The minimum absolute atomic E-state index is 0.0789. The largest absolute Gasteiger partial charge is 0.480 e. The van der Waals surface area contributed by atoms with Crippen molar-refractivity contribution in [2.45, 2.75) is 31.6 Å². The summed E-state index contributed by atoms with van der Waals surface area (Å²) in [5.74, 6) is -3.33. The fourth-order valence-electron chi connectivity index (χ4n) is 5.03. The van der Waals surface area contributed by atoms with Crippen molar-refractivity contribution in [3.8, 4) is 11.1 Å². The van der Waals surface area contributed by atoms with E-state index in [1.54, 1.807) is 0 Å². The number of aliphatic carboxylic acids is 1. The predicted molar refractivity (Wildman–Crippen MR) is 155 cm³/mol. The average Bonchev–Trinajstić information content (AvgIpc) is 3.32. The normalized spacial score (nSPS) is 13.4. The Labute approximate surface area is 242 Å². The molecule has 0 spiro atoms. The van der Waals surface area contributed by atoms with Crippen molar-refractivity contribution in [2.24, 2.45) is 0 Å². The van der Waals surface area contributed by atoms with Gasteiger partial charge >= 0.3 is 12.1 Å². The molecule has 1 aliphatic carbocycles. The Bertz CT molecular complexity index is 1560. The fraction of sp³-hybridized carbons (Fsp3) is 0.182. The molecule has 1 aliphatic rings. The summed E-state index contributed by atoms with van der Waals surface area (Å²) in [5, 5.41) is 14.5. The predicted octanol–water partition coefficient (Wildman–Crippen LogP) is 5.98. The molecular weight excluding hydrogens is 539 g/mol. The molecule has 9 heteroatoms. The molecule has 0 aromatic heterocycles. The molecule has 5 rings (SSSR count). The molecule has 0 aliphatic heterocycles. The van der Waals surface area contributed by atoms with Crippen molar-refractivity contribution in [1.82, 2.24) is 5.32 Å². The van der Waals surface area contributed by atoms with Crippen molar-refractivity contribution >= 4 is 23.7 Å². The van der Waals surface area contributed by atoms with E-state index in [1.807, 2.05) is 78.9 Å². The van der Waals surface area contributed by atoms with Crippen LogP contribution in [0.25, 0.3) is 11.1 Å². The number of halogens is 1. The van der Waals surface area contributed by atoms with Crippen LogP contribution in [0.3, 0.4) is 0 Å². The van der Waals surface area contributed by atoms with Gasteiger partial charge in [-0.15, -0.1) is 0 Å². The van der Waals surface area contributed by atoms with Gasteiger partial charge in [0.1, 0.15) is 12.4 Å². The lowest BCUT2D eigenvalue weighted by atomic mass is 9.98. The molecule has 214 valence electrons. The molecule has 0 fully saturated rings. The maximum absolute atomic E-state index is 14.6. The number of hydrogen-bond acceptors (Lipinski definition) is 5. The topological polar surface area (TPSA) is 114 Å². The van der Waals surface area contributed by atoms with Crippen LogP contribution >= 0.6 is 0 Å². The van der Waals surface area contributed by atoms with E-state index in [1.165, 1.54) is 13.0 Å². The summed E-state index contributed by atoms with van der Waals surface area (Å²) < 4.78 is 25.8. The maximum atomic E-state index is 14.6. The summed E-state index contributed by atoms with van der Waals surface area (Å²) in [5.41, 5.74) is 4.81. The van der Waals surface area contributed by atoms with Crippen LogP contribution < -0.4 is 10.6 Å². The van der Waals surface area contributed by atoms with E-state index >= 15 is 0 Å². The first-order valence-electron chi connectivity index (χ1n) is 13.4. The van der Waals surface area contributed by atoms with E-state index in [-0.39, 0.29) is 24.8 Å². The van der Waals surface area contributed by atoms with Crippen LogP contribution in [0.2, 0.25) is 0 Å².